The van der Waals surface area contributed by atoms with Gasteiger partial charge >= 0.3 is 0 Å². The van der Waals surface area contributed by atoms with Crippen molar-refractivity contribution in [1.82, 2.24) is 4.90 Å². The van der Waals surface area contributed by atoms with Gasteiger partial charge in [0.2, 0.25) is 11.8 Å². The molecule has 0 aliphatic heterocycles. The number of hydrogen-bond acceptors (Lipinski definition) is 4. The molecule has 0 unspecified atom stereocenters. The van der Waals surface area contributed by atoms with E-state index in [4.69, 9.17) is 9.47 Å². The number of anilines is 1. The summed E-state index contributed by atoms with van der Waals surface area (Å²) in [5.41, 5.74) is 2.44. The van der Waals surface area contributed by atoms with Crippen molar-refractivity contribution < 1.29 is 19.1 Å². The van der Waals surface area contributed by atoms with Crippen LogP contribution in [0.1, 0.15) is 24.5 Å². The number of ether oxygens (including phenoxy) is 2. The predicted molar refractivity (Wildman–Crippen MR) is 115 cm³/mol. The molecule has 0 saturated carbocycles. The van der Waals surface area contributed by atoms with Gasteiger partial charge in [-0.05, 0) is 37.1 Å². The minimum absolute atomic E-state index is 0.0133. The lowest BCUT2D eigenvalue weighted by molar-refractivity contribution is -0.130. The highest BCUT2D eigenvalue weighted by Crippen LogP contribution is 2.31. The number of benzene rings is 2. The van der Waals surface area contributed by atoms with E-state index in [1.54, 1.807) is 26.4 Å². The Labute approximate surface area is 172 Å². The maximum absolute atomic E-state index is 12.7. The van der Waals surface area contributed by atoms with Gasteiger partial charge in [-0.1, -0.05) is 37.3 Å². The second kappa shape index (κ2) is 10.9. The van der Waals surface area contributed by atoms with Crippen molar-refractivity contribution in [1.29, 1.82) is 0 Å². The lowest BCUT2D eigenvalue weighted by Gasteiger charge is -2.20. The third kappa shape index (κ3) is 6.10. The van der Waals surface area contributed by atoms with Crippen molar-refractivity contribution in [2.24, 2.45) is 0 Å². The molecule has 0 bridgehead atoms. The number of amides is 2. The Balaban J connectivity index is 2.10. The van der Waals surface area contributed by atoms with E-state index in [0.29, 0.717) is 18.0 Å². The minimum atomic E-state index is -0.239. The fraction of sp³-hybridized carbons (Fsp3) is 0.304. The lowest BCUT2D eigenvalue weighted by atomic mass is 10.1. The second-order valence-electron chi connectivity index (χ2n) is 6.54. The van der Waals surface area contributed by atoms with Crippen LogP contribution in [0.25, 0.3) is 6.08 Å². The summed E-state index contributed by atoms with van der Waals surface area (Å²) < 4.78 is 10.7. The van der Waals surface area contributed by atoms with Crippen LogP contribution in [0.5, 0.6) is 11.5 Å². The number of rotatable bonds is 9. The summed E-state index contributed by atoms with van der Waals surface area (Å²) in [6.45, 7) is 4.36. The van der Waals surface area contributed by atoms with Gasteiger partial charge in [0, 0.05) is 23.9 Å². The molecule has 0 aliphatic carbocycles. The number of hydrogen-bond donors (Lipinski definition) is 1. The molecule has 1 N–H and O–H groups in total. The first kappa shape index (κ1) is 22.0. The van der Waals surface area contributed by atoms with Gasteiger partial charge in [-0.15, -0.1) is 0 Å². The molecule has 0 atom stereocenters. The maximum Gasteiger partial charge on any atom is 0.247 e. The van der Waals surface area contributed by atoms with Crippen molar-refractivity contribution in [2.75, 3.05) is 32.6 Å². The van der Waals surface area contributed by atoms with Crippen LogP contribution < -0.4 is 14.8 Å². The molecule has 6 heteroatoms. The van der Waals surface area contributed by atoms with Crippen LogP contribution in [0.3, 0.4) is 0 Å². The summed E-state index contributed by atoms with van der Waals surface area (Å²) in [5, 5.41) is 2.87. The van der Waals surface area contributed by atoms with Gasteiger partial charge in [0.05, 0.1) is 14.2 Å². The van der Waals surface area contributed by atoms with Gasteiger partial charge in [-0.25, -0.2) is 0 Å². The summed E-state index contributed by atoms with van der Waals surface area (Å²) >= 11 is 0. The van der Waals surface area contributed by atoms with Crippen molar-refractivity contribution in [3.63, 3.8) is 0 Å². The van der Waals surface area contributed by atoms with Gasteiger partial charge in [0.1, 0.15) is 6.54 Å². The Morgan fingerprint density at radius 1 is 1.07 bits per heavy atom. The molecule has 2 aromatic rings. The zero-order chi connectivity index (χ0) is 21.2. The first-order valence-electron chi connectivity index (χ1n) is 9.53. The highest BCUT2D eigenvalue weighted by atomic mass is 16.5. The van der Waals surface area contributed by atoms with Gasteiger partial charge in [-0.3, -0.25) is 9.59 Å². The minimum Gasteiger partial charge on any atom is -0.493 e. The van der Waals surface area contributed by atoms with E-state index in [9.17, 15) is 9.59 Å². The SMILES string of the molecule is CCCN(CC(=O)Nc1ccccc1C)C(=O)/C=C/c1cccc(OC)c1OC. The van der Waals surface area contributed by atoms with Gasteiger partial charge in [-0.2, -0.15) is 0 Å². The topological polar surface area (TPSA) is 67.9 Å². The van der Waals surface area contributed by atoms with Gasteiger partial charge in [0.25, 0.3) is 0 Å². The van der Waals surface area contributed by atoms with E-state index in [-0.39, 0.29) is 18.4 Å². The summed E-state index contributed by atoms with van der Waals surface area (Å²) in [5.74, 6) is 0.675. The van der Waals surface area contributed by atoms with E-state index >= 15 is 0 Å². The standard InChI is InChI=1S/C23H28N2O4/c1-5-15-25(16-21(26)24-19-11-7-6-9-17(19)2)22(27)14-13-18-10-8-12-20(28-3)23(18)29-4/h6-14H,5,15-16H2,1-4H3,(H,24,26)/b14-13+. The molecule has 0 aromatic heterocycles. The summed E-state index contributed by atoms with van der Waals surface area (Å²) in [6, 6.07) is 13.0. The van der Waals surface area contributed by atoms with Crippen molar-refractivity contribution in [2.45, 2.75) is 20.3 Å². The molecule has 2 amide bonds. The number of methoxy groups -OCH3 is 2. The largest absolute Gasteiger partial charge is 0.493 e. The van der Waals surface area contributed by atoms with Crippen LogP contribution in [-0.2, 0) is 9.59 Å². The van der Waals surface area contributed by atoms with Crippen molar-refractivity contribution in [3.8, 4) is 11.5 Å². The van der Waals surface area contributed by atoms with E-state index < -0.39 is 0 Å². The quantitative estimate of drug-likeness (QED) is 0.653. The highest BCUT2D eigenvalue weighted by Gasteiger charge is 2.15. The molecule has 6 nitrogen and oxygen atoms in total. The normalized spacial score (nSPS) is 10.6. The third-order valence-electron chi connectivity index (χ3n) is 4.40. The molecule has 154 valence electrons. The van der Waals surface area contributed by atoms with E-state index in [1.165, 1.54) is 11.0 Å². The third-order valence-corrected chi connectivity index (χ3v) is 4.40. The molecule has 0 saturated heterocycles. The molecule has 0 fully saturated rings. The summed E-state index contributed by atoms with van der Waals surface area (Å²) in [4.78, 5) is 26.7. The van der Waals surface area contributed by atoms with Crippen molar-refractivity contribution >= 4 is 23.6 Å². The molecular weight excluding hydrogens is 368 g/mol. The zero-order valence-electron chi connectivity index (χ0n) is 17.4. The predicted octanol–water partition coefficient (Wildman–Crippen LogP) is 3.90. The fourth-order valence-electron chi connectivity index (χ4n) is 2.92. The molecule has 0 heterocycles. The van der Waals surface area contributed by atoms with Crippen LogP contribution >= 0.6 is 0 Å². The Bertz CT molecular complexity index is 877. The highest BCUT2D eigenvalue weighted by molar-refractivity contribution is 5.98. The molecular formula is C23H28N2O4. The number of carbonyl (C=O) groups excluding carboxylic acids is 2. The maximum atomic E-state index is 12.7. The van der Waals surface area contributed by atoms with E-state index in [1.807, 2.05) is 50.2 Å². The first-order valence-corrected chi connectivity index (χ1v) is 9.53. The number of carbonyl (C=O) groups is 2. The average molecular weight is 396 g/mol. The van der Waals surface area contributed by atoms with Crippen LogP contribution in [0.4, 0.5) is 5.69 Å². The Kier molecular flexibility index (Phi) is 8.27. The monoisotopic (exact) mass is 396 g/mol. The number of para-hydroxylation sites is 2. The fourth-order valence-corrected chi connectivity index (χ4v) is 2.92. The average Bonchev–Trinajstić information content (AvgIpc) is 2.72. The molecule has 0 spiro atoms. The van der Waals surface area contributed by atoms with Gasteiger partial charge in [0.15, 0.2) is 11.5 Å². The van der Waals surface area contributed by atoms with E-state index in [0.717, 1.165) is 23.2 Å². The summed E-state index contributed by atoms with van der Waals surface area (Å²) in [6.07, 6.45) is 3.87. The van der Waals surface area contributed by atoms with Crippen LogP contribution in [0.2, 0.25) is 0 Å². The smallest absolute Gasteiger partial charge is 0.247 e. The Morgan fingerprint density at radius 3 is 2.48 bits per heavy atom. The Morgan fingerprint density at radius 2 is 1.83 bits per heavy atom. The zero-order valence-corrected chi connectivity index (χ0v) is 17.4. The van der Waals surface area contributed by atoms with Crippen LogP contribution in [-0.4, -0.2) is 44.0 Å². The first-order chi connectivity index (χ1) is 14.0. The molecule has 0 aliphatic rings. The van der Waals surface area contributed by atoms with Crippen LogP contribution in [0.15, 0.2) is 48.5 Å². The van der Waals surface area contributed by atoms with Crippen molar-refractivity contribution in [3.05, 3.63) is 59.7 Å². The molecule has 0 radical (unpaired) electrons. The second-order valence-corrected chi connectivity index (χ2v) is 6.54. The Hall–Kier alpha value is -3.28. The number of aryl methyl sites for hydroxylation is 1. The molecule has 2 rings (SSSR count). The lowest BCUT2D eigenvalue weighted by Crippen LogP contribution is -2.37. The molecule has 2 aromatic carbocycles. The van der Waals surface area contributed by atoms with Gasteiger partial charge < -0.3 is 19.7 Å². The summed E-state index contributed by atoms with van der Waals surface area (Å²) in [7, 11) is 3.11. The number of nitrogens with one attached hydrogen (secondary N) is 1. The number of nitrogens with zero attached hydrogens (tertiary/aromatic N) is 1. The van der Waals surface area contributed by atoms with E-state index in [2.05, 4.69) is 5.32 Å². The van der Waals surface area contributed by atoms with Crippen LogP contribution in [0, 0.1) is 6.92 Å². The molecule has 29 heavy (non-hydrogen) atoms.